The van der Waals surface area contributed by atoms with Crippen LogP contribution in [0.25, 0.3) is 28.0 Å². The fourth-order valence-corrected chi connectivity index (χ4v) is 5.05. The molecule has 2 heteroatoms. The average Bonchev–Trinajstić information content (AvgIpc) is 3.30. The van der Waals surface area contributed by atoms with Gasteiger partial charge in [-0.15, -0.1) is 0 Å². The predicted octanol–water partition coefficient (Wildman–Crippen LogP) is 8.88. The third-order valence-electron chi connectivity index (χ3n) is 6.96. The Balaban J connectivity index is 1.36. The normalized spacial score (nSPS) is 12.2. The summed E-state index contributed by atoms with van der Waals surface area (Å²) in [7, 11) is 0. The number of rotatable bonds is 6. The fraction of sp³-hybridized carbons (Fsp3) is 0.235. The van der Waals surface area contributed by atoms with Gasteiger partial charge in [0.2, 0.25) is 0 Å². The topological polar surface area (TPSA) is 9.23 Å². The van der Waals surface area contributed by atoms with Crippen LogP contribution < -0.4 is 4.74 Å². The Hall–Kier alpha value is -3.83. The van der Waals surface area contributed by atoms with Gasteiger partial charge in [-0.2, -0.15) is 0 Å². The molecule has 0 saturated carbocycles. The largest absolute Gasteiger partial charge is 0.494 e. The first-order valence-corrected chi connectivity index (χ1v) is 12.9. The predicted molar refractivity (Wildman–Crippen MR) is 149 cm³/mol. The summed E-state index contributed by atoms with van der Waals surface area (Å²) in [5.41, 5.74) is 8.26. The van der Waals surface area contributed by atoms with Crippen LogP contribution in [0, 0.1) is 24.6 Å². The van der Waals surface area contributed by atoms with E-state index in [0.29, 0.717) is 12.2 Å². The Morgan fingerprint density at radius 2 is 1.58 bits per heavy atom. The zero-order valence-corrected chi connectivity index (χ0v) is 21.2. The van der Waals surface area contributed by atoms with Crippen LogP contribution in [0.5, 0.6) is 5.75 Å². The summed E-state index contributed by atoms with van der Waals surface area (Å²) in [6, 6.07) is 22.0. The molecule has 0 amide bonds. The molecular weight excluding hydrogens is 443 g/mol. The quantitative estimate of drug-likeness (QED) is 0.254. The Morgan fingerprint density at radius 1 is 0.861 bits per heavy atom. The molecule has 1 aliphatic carbocycles. The number of fused-ring (bicyclic) bond motifs is 2. The summed E-state index contributed by atoms with van der Waals surface area (Å²) < 4.78 is 20.8. The van der Waals surface area contributed by atoms with Crippen molar-refractivity contribution in [3.63, 3.8) is 0 Å². The lowest BCUT2D eigenvalue weighted by Gasteiger charge is -2.13. The molecule has 0 fully saturated rings. The van der Waals surface area contributed by atoms with Gasteiger partial charge >= 0.3 is 0 Å². The molecule has 0 heterocycles. The zero-order chi connectivity index (χ0) is 25.1. The highest BCUT2D eigenvalue weighted by molar-refractivity contribution is 5.85. The van der Waals surface area contributed by atoms with E-state index in [2.05, 4.69) is 56.0 Å². The van der Waals surface area contributed by atoms with Gasteiger partial charge in [-0.05, 0) is 109 Å². The number of hydrogen-bond donors (Lipinski definition) is 0. The van der Waals surface area contributed by atoms with Crippen LogP contribution >= 0.6 is 0 Å². The SMILES string of the molecule is CCCCC1=Cc2cc(F)c(-c3ccc(C#Cc4ccc5cc(OCC)ccc5c4)cc3)c(C)c2C1. The summed E-state index contributed by atoms with van der Waals surface area (Å²) in [4.78, 5) is 0. The van der Waals surface area contributed by atoms with Crippen molar-refractivity contribution in [2.45, 2.75) is 46.5 Å². The van der Waals surface area contributed by atoms with Gasteiger partial charge in [-0.3, -0.25) is 0 Å². The van der Waals surface area contributed by atoms with Gasteiger partial charge in [-0.1, -0.05) is 61.1 Å². The molecule has 0 radical (unpaired) electrons. The van der Waals surface area contributed by atoms with Crippen LogP contribution in [0.1, 0.15) is 60.9 Å². The van der Waals surface area contributed by atoms with E-state index in [-0.39, 0.29) is 5.82 Å². The minimum atomic E-state index is -0.151. The number of allylic oxidation sites excluding steroid dienone is 1. The molecule has 4 aromatic carbocycles. The lowest BCUT2D eigenvalue weighted by molar-refractivity contribution is 0.341. The zero-order valence-electron chi connectivity index (χ0n) is 21.2. The maximum atomic E-state index is 15.2. The Kier molecular flexibility index (Phi) is 6.92. The highest BCUT2D eigenvalue weighted by Gasteiger charge is 2.20. The molecule has 0 spiro atoms. The van der Waals surface area contributed by atoms with Crippen molar-refractivity contribution in [1.82, 2.24) is 0 Å². The molecule has 4 aromatic rings. The second-order valence-corrected chi connectivity index (χ2v) is 9.49. The van der Waals surface area contributed by atoms with Gasteiger partial charge in [0.1, 0.15) is 11.6 Å². The molecule has 36 heavy (non-hydrogen) atoms. The van der Waals surface area contributed by atoms with Crippen LogP contribution in [0.4, 0.5) is 4.39 Å². The summed E-state index contributed by atoms with van der Waals surface area (Å²) in [5, 5.41) is 2.27. The van der Waals surface area contributed by atoms with Crippen molar-refractivity contribution >= 4 is 16.8 Å². The Bertz CT molecular complexity index is 1510. The van der Waals surface area contributed by atoms with Crippen molar-refractivity contribution in [3.05, 3.63) is 106 Å². The van der Waals surface area contributed by atoms with E-state index in [9.17, 15) is 0 Å². The van der Waals surface area contributed by atoms with Crippen LogP contribution in [-0.4, -0.2) is 6.61 Å². The number of benzene rings is 4. The molecule has 180 valence electrons. The maximum absolute atomic E-state index is 15.2. The third-order valence-corrected chi connectivity index (χ3v) is 6.96. The second kappa shape index (κ2) is 10.4. The minimum absolute atomic E-state index is 0.151. The summed E-state index contributed by atoms with van der Waals surface area (Å²) in [6.07, 6.45) is 6.59. The molecule has 0 unspecified atom stereocenters. The van der Waals surface area contributed by atoms with E-state index in [0.717, 1.165) is 57.2 Å². The first kappa shape index (κ1) is 23.9. The molecule has 0 aliphatic heterocycles. The minimum Gasteiger partial charge on any atom is -0.494 e. The van der Waals surface area contributed by atoms with E-state index >= 15 is 4.39 Å². The first-order chi connectivity index (χ1) is 17.6. The maximum Gasteiger partial charge on any atom is 0.131 e. The number of unbranched alkanes of at least 4 members (excludes halogenated alkanes) is 1. The Morgan fingerprint density at radius 3 is 2.36 bits per heavy atom. The molecule has 0 atom stereocenters. The molecular formula is C34H31FO. The van der Waals surface area contributed by atoms with Gasteiger partial charge in [0.25, 0.3) is 0 Å². The van der Waals surface area contributed by atoms with Crippen molar-refractivity contribution < 1.29 is 9.13 Å². The van der Waals surface area contributed by atoms with Crippen molar-refractivity contribution in [1.29, 1.82) is 0 Å². The van der Waals surface area contributed by atoms with Crippen LogP contribution in [0.15, 0.2) is 72.3 Å². The van der Waals surface area contributed by atoms with Gasteiger partial charge in [0.15, 0.2) is 0 Å². The fourth-order valence-electron chi connectivity index (χ4n) is 5.05. The molecule has 1 aliphatic rings. The summed E-state index contributed by atoms with van der Waals surface area (Å²) in [5.74, 6) is 7.25. The van der Waals surface area contributed by atoms with Gasteiger partial charge in [0.05, 0.1) is 6.61 Å². The van der Waals surface area contributed by atoms with Gasteiger partial charge in [0, 0.05) is 16.7 Å². The lowest BCUT2D eigenvalue weighted by atomic mass is 9.92. The number of halogens is 1. The highest BCUT2D eigenvalue weighted by Crippen LogP contribution is 2.37. The molecule has 1 nitrogen and oxygen atoms in total. The molecule has 0 aromatic heterocycles. The van der Waals surface area contributed by atoms with Crippen molar-refractivity contribution in [2.75, 3.05) is 6.61 Å². The summed E-state index contributed by atoms with van der Waals surface area (Å²) >= 11 is 0. The van der Waals surface area contributed by atoms with Crippen LogP contribution in [0.2, 0.25) is 0 Å². The van der Waals surface area contributed by atoms with E-state index in [4.69, 9.17) is 4.74 Å². The van der Waals surface area contributed by atoms with Gasteiger partial charge < -0.3 is 4.74 Å². The lowest BCUT2D eigenvalue weighted by Crippen LogP contribution is -1.97. The first-order valence-electron chi connectivity index (χ1n) is 12.9. The Labute approximate surface area is 213 Å². The second-order valence-electron chi connectivity index (χ2n) is 9.49. The molecule has 0 N–H and O–H groups in total. The van der Waals surface area contributed by atoms with Crippen molar-refractivity contribution in [2.24, 2.45) is 0 Å². The molecule has 5 rings (SSSR count). The van der Waals surface area contributed by atoms with Crippen LogP contribution in [-0.2, 0) is 6.42 Å². The van der Waals surface area contributed by atoms with Crippen LogP contribution in [0.3, 0.4) is 0 Å². The van der Waals surface area contributed by atoms with E-state index in [1.165, 1.54) is 24.0 Å². The number of ether oxygens (including phenoxy) is 1. The van der Waals surface area contributed by atoms with Crippen molar-refractivity contribution in [3.8, 4) is 28.7 Å². The highest BCUT2D eigenvalue weighted by atomic mass is 19.1. The monoisotopic (exact) mass is 474 g/mol. The standard InChI is InChI=1S/C34H31FO/c1-4-6-7-26-19-30-22-33(35)34(23(3)32(30)20-26)27-13-10-24(11-14-27)8-9-25-12-15-29-21-31(36-5-2)17-16-28(29)18-25/h10-19,21-22H,4-7,20H2,1-3H3. The third kappa shape index (κ3) is 4.93. The summed E-state index contributed by atoms with van der Waals surface area (Å²) in [6.45, 7) is 6.91. The smallest absolute Gasteiger partial charge is 0.131 e. The molecule has 0 bridgehead atoms. The number of hydrogen-bond acceptors (Lipinski definition) is 1. The average molecular weight is 475 g/mol. The van der Waals surface area contributed by atoms with E-state index in [1.807, 2.05) is 43.3 Å². The van der Waals surface area contributed by atoms with E-state index in [1.54, 1.807) is 6.07 Å². The van der Waals surface area contributed by atoms with Gasteiger partial charge in [-0.25, -0.2) is 4.39 Å². The molecule has 0 saturated heterocycles. The van der Waals surface area contributed by atoms with E-state index < -0.39 is 0 Å².